The molecule has 1 fully saturated rings. The Balaban J connectivity index is 1.89. The van der Waals surface area contributed by atoms with Crippen LogP contribution in [0.25, 0.3) is 0 Å². The Morgan fingerprint density at radius 3 is 2.74 bits per heavy atom. The van der Waals surface area contributed by atoms with Crippen LogP contribution in [0.5, 0.6) is 5.88 Å². The summed E-state index contributed by atoms with van der Waals surface area (Å²) < 4.78 is 10.6. The first-order valence-corrected chi connectivity index (χ1v) is 8.12. The minimum Gasteiger partial charge on any atom is -0.480 e. The molecular formula is C17H27N3O3. The van der Waals surface area contributed by atoms with Crippen molar-refractivity contribution in [1.29, 1.82) is 0 Å². The fourth-order valence-corrected chi connectivity index (χ4v) is 2.81. The lowest BCUT2D eigenvalue weighted by molar-refractivity contribution is 0.0492. The van der Waals surface area contributed by atoms with Gasteiger partial charge in [0.25, 0.3) is 0 Å². The van der Waals surface area contributed by atoms with Gasteiger partial charge in [-0.2, -0.15) is 0 Å². The van der Waals surface area contributed by atoms with Gasteiger partial charge in [0.15, 0.2) is 0 Å². The van der Waals surface area contributed by atoms with E-state index in [9.17, 15) is 4.79 Å². The molecule has 6 nitrogen and oxygen atoms in total. The number of rotatable bonds is 4. The highest BCUT2D eigenvalue weighted by Crippen LogP contribution is 2.26. The van der Waals surface area contributed by atoms with E-state index < -0.39 is 5.60 Å². The van der Waals surface area contributed by atoms with E-state index in [-0.39, 0.29) is 18.2 Å². The van der Waals surface area contributed by atoms with Crippen LogP contribution in [-0.4, -0.2) is 35.9 Å². The van der Waals surface area contributed by atoms with Crippen molar-refractivity contribution in [3.05, 3.63) is 18.3 Å². The molecule has 0 aliphatic heterocycles. The van der Waals surface area contributed by atoms with Crippen molar-refractivity contribution in [2.75, 3.05) is 12.4 Å². The maximum absolute atomic E-state index is 11.9. The first kappa shape index (κ1) is 17.4. The summed E-state index contributed by atoms with van der Waals surface area (Å²) in [7, 11) is 1.61. The Morgan fingerprint density at radius 2 is 2.04 bits per heavy atom. The molecule has 0 radical (unpaired) electrons. The minimum absolute atomic E-state index is 0.124. The molecule has 23 heavy (non-hydrogen) atoms. The van der Waals surface area contributed by atoms with E-state index in [2.05, 4.69) is 15.6 Å². The lowest BCUT2D eigenvalue weighted by Crippen LogP contribution is -2.43. The van der Waals surface area contributed by atoms with Gasteiger partial charge in [0.05, 0.1) is 12.8 Å². The Kier molecular flexibility index (Phi) is 5.69. The molecule has 1 aliphatic carbocycles. The third-order valence-corrected chi connectivity index (χ3v) is 3.72. The van der Waals surface area contributed by atoms with Crippen molar-refractivity contribution < 1.29 is 14.3 Å². The smallest absolute Gasteiger partial charge is 0.407 e. The van der Waals surface area contributed by atoms with Crippen LogP contribution in [0.2, 0.25) is 0 Å². The monoisotopic (exact) mass is 321 g/mol. The van der Waals surface area contributed by atoms with Crippen LogP contribution in [0.1, 0.15) is 46.5 Å². The number of ether oxygens (including phenoxy) is 2. The van der Waals surface area contributed by atoms with Crippen LogP contribution in [0.4, 0.5) is 10.5 Å². The SMILES string of the molecule is COc1ncccc1NC1CCCC(NC(=O)OC(C)(C)C)C1. The molecule has 1 aromatic rings. The normalized spacial score (nSPS) is 21.4. The van der Waals surface area contributed by atoms with Crippen LogP contribution in [0.15, 0.2) is 18.3 Å². The third kappa shape index (κ3) is 5.62. The number of aromatic nitrogens is 1. The number of carbonyl (C=O) groups excluding carboxylic acids is 1. The molecule has 1 saturated carbocycles. The summed E-state index contributed by atoms with van der Waals surface area (Å²) in [6, 6.07) is 4.24. The number of pyridine rings is 1. The van der Waals surface area contributed by atoms with E-state index >= 15 is 0 Å². The Bertz CT molecular complexity index is 528. The van der Waals surface area contributed by atoms with E-state index in [1.165, 1.54) is 0 Å². The largest absolute Gasteiger partial charge is 0.480 e. The van der Waals surface area contributed by atoms with Crippen molar-refractivity contribution in [3.8, 4) is 5.88 Å². The minimum atomic E-state index is -0.473. The highest BCUT2D eigenvalue weighted by atomic mass is 16.6. The second-order valence-corrected chi connectivity index (χ2v) is 6.91. The molecule has 1 amide bonds. The van der Waals surface area contributed by atoms with Gasteiger partial charge >= 0.3 is 6.09 Å². The van der Waals surface area contributed by atoms with Crippen molar-refractivity contribution in [1.82, 2.24) is 10.3 Å². The number of nitrogens with one attached hydrogen (secondary N) is 2. The molecule has 128 valence electrons. The van der Waals surface area contributed by atoms with E-state index in [1.807, 2.05) is 32.9 Å². The standard InChI is InChI=1S/C17H27N3O3/c1-17(2,3)23-16(21)20-13-8-5-7-12(11-13)19-14-9-6-10-18-15(14)22-4/h6,9-10,12-13,19H,5,7-8,11H2,1-4H3,(H,20,21). The van der Waals surface area contributed by atoms with Crippen LogP contribution < -0.4 is 15.4 Å². The highest BCUT2D eigenvalue weighted by Gasteiger charge is 2.26. The molecular weight excluding hydrogens is 294 g/mol. The molecule has 0 aromatic carbocycles. The first-order chi connectivity index (χ1) is 10.9. The van der Waals surface area contributed by atoms with Gasteiger partial charge in [-0.1, -0.05) is 0 Å². The number of anilines is 1. The number of hydrogen-bond donors (Lipinski definition) is 2. The van der Waals surface area contributed by atoms with Crippen molar-refractivity contribution >= 4 is 11.8 Å². The molecule has 2 rings (SSSR count). The van der Waals surface area contributed by atoms with Gasteiger partial charge in [0.2, 0.25) is 5.88 Å². The molecule has 1 heterocycles. The number of hydrogen-bond acceptors (Lipinski definition) is 5. The van der Waals surface area contributed by atoms with E-state index in [0.717, 1.165) is 31.4 Å². The van der Waals surface area contributed by atoms with Crippen LogP contribution >= 0.6 is 0 Å². The van der Waals surface area contributed by atoms with Crippen molar-refractivity contribution in [2.24, 2.45) is 0 Å². The van der Waals surface area contributed by atoms with E-state index in [4.69, 9.17) is 9.47 Å². The number of nitrogens with zero attached hydrogens (tertiary/aromatic N) is 1. The van der Waals surface area contributed by atoms with E-state index in [0.29, 0.717) is 5.88 Å². The zero-order valence-corrected chi connectivity index (χ0v) is 14.4. The first-order valence-electron chi connectivity index (χ1n) is 8.12. The number of amides is 1. The fourth-order valence-electron chi connectivity index (χ4n) is 2.81. The second-order valence-electron chi connectivity index (χ2n) is 6.91. The Morgan fingerprint density at radius 1 is 1.30 bits per heavy atom. The summed E-state index contributed by atoms with van der Waals surface area (Å²) in [5.74, 6) is 0.592. The summed E-state index contributed by atoms with van der Waals surface area (Å²) in [6.45, 7) is 5.60. The van der Waals surface area contributed by atoms with Crippen molar-refractivity contribution in [2.45, 2.75) is 64.1 Å². The van der Waals surface area contributed by atoms with Crippen LogP contribution in [-0.2, 0) is 4.74 Å². The number of carbonyl (C=O) groups is 1. The average Bonchev–Trinajstić information content (AvgIpc) is 2.46. The van der Waals surface area contributed by atoms with Gasteiger partial charge in [0, 0.05) is 18.3 Å². The molecule has 1 aromatic heterocycles. The molecule has 2 unspecified atom stereocenters. The molecule has 0 spiro atoms. The number of alkyl carbamates (subject to hydrolysis) is 1. The fraction of sp³-hybridized carbons (Fsp3) is 0.647. The molecule has 6 heteroatoms. The zero-order chi connectivity index (χ0) is 16.9. The van der Waals surface area contributed by atoms with Crippen LogP contribution in [0, 0.1) is 0 Å². The molecule has 0 saturated heterocycles. The molecule has 0 bridgehead atoms. The summed E-state index contributed by atoms with van der Waals surface area (Å²) in [6.07, 6.45) is 5.31. The lowest BCUT2D eigenvalue weighted by Gasteiger charge is -2.31. The summed E-state index contributed by atoms with van der Waals surface area (Å²) in [5, 5.41) is 6.44. The predicted octanol–water partition coefficient (Wildman–Crippen LogP) is 3.34. The van der Waals surface area contributed by atoms with Gasteiger partial charge in [0.1, 0.15) is 5.60 Å². The van der Waals surface area contributed by atoms with Crippen molar-refractivity contribution in [3.63, 3.8) is 0 Å². The average molecular weight is 321 g/mol. The van der Waals surface area contributed by atoms with Gasteiger partial charge in [-0.05, 0) is 58.6 Å². The Hall–Kier alpha value is -1.98. The molecule has 2 atom stereocenters. The predicted molar refractivity (Wildman–Crippen MR) is 89.8 cm³/mol. The summed E-state index contributed by atoms with van der Waals surface area (Å²) in [4.78, 5) is 16.1. The Labute approximate surface area is 138 Å². The quantitative estimate of drug-likeness (QED) is 0.890. The summed E-state index contributed by atoms with van der Waals surface area (Å²) >= 11 is 0. The van der Waals surface area contributed by atoms with Gasteiger partial charge in [-0.3, -0.25) is 0 Å². The van der Waals surface area contributed by atoms with Gasteiger partial charge in [-0.25, -0.2) is 9.78 Å². The summed E-state index contributed by atoms with van der Waals surface area (Å²) in [5.41, 5.74) is 0.414. The topological polar surface area (TPSA) is 72.5 Å². The van der Waals surface area contributed by atoms with E-state index in [1.54, 1.807) is 13.3 Å². The molecule has 2 N–H and O–H groups in total. The third-order valence-electron chi connectivity index (χ3n) is 3.72. The molecule has 1 aliphatic rings. The maximum atomic E-state index is 11.9. The maximum Gasteiger partial charge on any atom is 0.407 e. The zero-order valence-electron chi connectivity index (χ0n) is 14.4. The van der Waals surface area contributed by atoms with Gasteiger partial charge < -0.3 is 20.1 Å². The number of methoxy groups -OCH3 is 1. The van der Waals surface area contributed by atoms with Gasteiger partial charge in [-0.15, -0.1) is 0 Å². The highest BCUT2D eigenvalue weighted by molar-refractivity contribution is 5.68. The lowest BCUT2D eigenvalue weighted by atomic mass is 9.91. The second kappa shape index (κ2) is 7.53. The van der Waals surface area contributed by atoms with Crippen LogP contribution in [0.3, 0.4) is 0 Å².